The molecule has 0 aliphatic heterocycles. The Bertz CT molecular complexity index is 557. The summed E-state index contributed by atoms with van der Waals surface area (Å²) in [7, 11) is 0. The molecule has 3 amide bonds. The molecule has 1 aromatic carbocycles. The predicted octanol–water partition coefficient (Wildman–Crippen LogP) is 1.34. The van der Waals surface area contributed by atoms with E-state index in [0.29, 0.717) is 12.1 Å². The summed E-state index contributed by atoms with van der Waals surface area (Å²) in [5, 5.41) is 16.6. The Morgan fingerprint density at radius 1 is 1.29 bits per heavy atom. The number of rotatable bonds is 5. The number of hydrogen-bond donors (Lipinski definition) is 4. The fraction of sp³-hybridized carbons (Fsp3) is 0.357. The summed E-state index contributed by atoms with van der Waals surface area (Å²) in [6.45, 7) is 5.42. The van der Waals surface area contributed by atoms with Crippen molar-refractivity contribution in [3.05, 3.63) is 29.3 Å². The van der Waals surface area contributed by atoms with Crippen molar-refractivity contribution in [1.29, 1.82) is 0 Å². The van der Waals surface area contributed by atoms with Gasteiger partial charge >= 0.3 is 12.0 Å². The van der Waals surface area contributed by atoms with Gasteiger partial charge in [0.2, 0.25) is 5.91 Å². The number of carbonyl (C=O) groups is 3. The molecule has 21 heavy (non-hydrogen) atoms. The van der Waals surface area contributed by atoms with Crippen molar-refractivity contribution in [2.45, 2.75) is 26.8 Å². The van der Waals surface area contributed by atoms with Crippen molar-refractivity contribution in [2.24, 2.45) is 0 Å². The number of likely N-dealkylation sites (N-methyl/N-ethyl adjacent to an activating group) is 1. The minimum Gasteiger partial charge on any atom is -0.478 e. The van der Waals surface area contributed by atoms with E-state index in [1.807, 2.05) is 0 Å². The maximum atomic E-state index is 11.8. The van der Waals surface area contributed by atoms with Crippen LogP contribution in [0.5, 0.6) is 0 Å². The van der Waals surface area contributed by atoms with Gasteiger partial charge in [-0.2, -0.15) is 0 Å². The van der Waals surface area contributed by atoms with Gasteiger partial charge in [-0.15, -0.1) is 0 Å². The lowest BCUT2D eigenvalue weighted by atomic mass is 10.1. The lowest BCUT2D eigenvalue weighted by Gasteiger charge is -2.15. The van der Waals surface area contributed by atoms with E-state index in [1.165, 1.54) is 6.07 Å². The molecule has 0 saturated carbocycles. The fourth-order valence-electron chi connectivity index (χ4n) is 1.80. The normalized spacial score (nSPS) is 11.4. The van der Waals surface area contributed by atoms with E-state index >= 15 is 0 Å². The summed E-state index contributed by atoms with van der Waals surface area (Å²) >= 11 is 0. The molecular weight excluding hydrogens is 274 g/mol. The molecule has 0 saturated heterocycles. The molecule has 0 heterocycles. The lowest BCUT2D eigenvalue weighted by molar-refractivity contribution is -0.122. The van der Waals surface area contributed by atoms with Crippen LogP contribution >= 0.6 is 0 Å². The number of amides is 3. The van der Waals surface area contributed by atoms with Crippen molar-refractivity contribution in [3.63, 3.8) is 0 Å². The first kappa shape index (κ1) is 16.5. The molecule has 1 rings (SSSR count). The van der Waals surface area contributed by atoms with E-state index in [4.69, 9.17) is 5.11 Å². The van der Waals surface area contributed by atoms with Gasteiger partial charge in [0.15, 0.2) is 0 Å². The maximum absolute atomic E-state index is 11.8. The second kappa shape index (κ2) is 7.28. The molecule has 0 bridgehead atoms. The van der Waals surface area contributed by atoms with Gasteiger partial charge in [-0.1, -0.05) is 12.1 Å². The molecule has 7 heteroatoms. The zero-order valence-corrected chi connectivity index (χ0v) is 12.2. The van der Waals surface area contributed by atoms with Crippen LogP contribution in [0.3, 0.4) is 0 Å². The summed E-state index contributed by atoms with van der Waals surface area (Å²) in [6.07, 6.45) is 0. The van der Waals surface area contributed by atoms with Crippen LogP contribution in [0.1, 0.15) is 29.8 Å². The quantitative estimate of drug-likeness (QED) is 0.657. The van der Waals surface area contributed by atoms with Crippen molar-refractivity contribution in [1.82, 2.24) is 10.6 Å². The number of benzene rings is 1. The molecule has 0 fully saturated rings. The van der Waals surface area contributed by atoms with Gasteiger partial charge in [0.1, 0.15) is 6.04 Å². The second-order valence-corrected chi connectivity index (χ2v) is 4.52. The van der Waals surface area contributed by atoms with Gasteiger partial charge < -0.3 is 21.1 Å². The van der Waals surface area contributed by atoms with Crippen molar-refractivity contribution in [2.75, 3.05) is 11.9 Å². The topological polar surface area (TPSA) is 108 Å². The number of carboxylic acid groups (broad SMARTS) is 1. The molecular formula is C14H19N3O4. The van der Waals surface area contributed by atoms with Crippen LogP contribution in [0.25, 0.3) is 0 Å². The highest BCUT2D eigenvalue weighted by atomic mass is 16.4. The minimum absolute atomic E-state index is 0.0262. The fourth-order valence-corrected chi connectivity index (χ4v) is 1.80. The number of anilines is 1. The molecule has 1 atom stereocenters. The third-order valence-corrected chi connectivity index (χ3v) is 2.83. The van der Waals surface area contributed by atoms with E-state index < -0.39 is 18.0 Å². The molecule has 1 unspecified atom stereocenters. The van der Waals surface area contributed by atoms with Gasteiger partial charge in [0, 0.05) is 6.54 Å². The van der Waals surface area contributed by atoms with Crippen LogP contribution < -0.4 is 16.0 Å². The van der Waals surface area contributed by atoms with Gasteiger partial charge in [0.05, 0.1) is 11.3 Å². The Kier molecular flexibility index (Phi) is 5.71. The van der Waals surface area contributed by atoms with Gasteiger partial charge in [0.25, 0.3) is 0 Å². The molecule has 114 valence electrons. The number of urea groups is 1. The zero-order valence-electron chi connectivity index (χ0n) is 12.2. The van der Waals surface area contributed by atoms with Crippen LogP contribution in [-0.2, 0) is 4.79 Å². The lowest BCUT2D eigenvalue weighted by Crippen LogP contribution is -2.46. The molecule has 0 spiro atoms. The molecule has 0 radical (unpaired) electrons. The van der Waals surface area contributed by atoms with E-state index in [9.17, 15) is 14.4 Å². The Morgan fingerprint density at radius 3 is 2.52 bits per heavy atom. The van der Waals surface area contributed by atoms with E-state index in [2.05, 4.69) is 16.0 Å². The Hall–Kier alpha value is -2.57. The maximum Gasteiger partial charge on any atom is 0.338 e. The first-order valence-corrected chi connectivity index (χ1v) is 6.55. The molecule has 0 aliphatic carbocycles. The Labute approximate surface area is 122 Å². The van der Waals surface area contributed by atoms with Gasteiger partial charge in [-0.25, -0.2) is 9.59 Å². The monoisotopic (exact) mass is 293 g/mol. The SMILES string of the molecule is CCNC(=O)C(C)NC(=O)Nc1cccc(C)c1C(=O)O. The van der Waals surface area contributed by atoms with Crippen LogP contribution in [0.4, 0.5) is 10.5 Å². The highest BCUT2D eigenvalue weighted by Gasteiger charge is 2.18. The molecule has 0 aliphatic rings. The predicted molar refractivity (Wildman–Crippen MR) is 78.4 cm³/mol. The number of carboxylic acids is 1. The van der Waals surface area contributed by atoms with Crippen LogP contribution in [0.2, 0.25) is 0 Å². The van der Waals surface area contributed by atoms with Gasteiger partial charge in [-0.05, 0) is 32.4 Å². The number of hydrogen-bond acceptors (Lipinski definition) is 3. The van der Waals surface area contributed by atoms with Crippen molar-refractivity contribution >= 4 is 23.6 Å². The number of nitrogens with one attached hydrogen (secondary N) is 3. The summed E-state index contributed by atoms with van der Waals surface area (Å²) in [4.78, 5) is 34.5. The van der Waals surface area contributed by atoms with Crippen LogP contribution in [-0.4, -0.2) is 35.6 Å². The Balaban J connectivity index is 2.78. The molecule has 4 N–H and O–H groups in total. The molecule has 7 nitrogen and oxygen atoms in total. The van der Waals surface area contributed by atoms with Crippen LogP contribution in [0.15, 0.2) is 18.2 Å². The molecule has 1 aromatic rings. The minimum atomic E-state index is -1.12. The number of carbonyl (C=O) groups excluding carboxylic acids is 2. The summed E-state index contributed by atoms with van der Waals surface area (Å²) in [5.41, 5.74) is 0.749. The third kappa shape index (κ3) is 4.48. The van der Waals surface area contributed by atoms with Crippen molar-refractivity contribution in [3.8, 4) is 0 Å². The number of aryl methyl sites for hydroxylation is 1. The zero-order chi connectivity index (χ0) is 16.0. The second-order valence-electron chi connectivity index (χ2n) is 4.52. The highest BCUT2D eigenvalue weighted by molar-refractivity contribution is 6.01. The summed E-state index contributed by atoms with van der Waals surface area (Å²) < 4.78 is 0. The Morgan fingerprint density at radius 2 is 1.95 bits per heavy atom. The first-order valence-electron chi connectivity index (χ1n) is 6.55. The standard InChI is InChI=1S/C14H19N3O4/c1-4-15-12(18)9(3)16-14(21)17-10-7-5-6-8(2)11(10)13(19)20/h5-7,9H,4H2,1-3H3,(H,15,18)(H,19,20)(H2,16,17,21). The smallest absolute Gasteiger partial charge is 0.338 e. The van der Waals surface area contributed by atoms with Gasteiger partial charge in [-0.3, -0.25) is 4.79 Å². The first-order chi connectivity index (χ1) is 9.86. The average molecular weight is 293 g/mol. The third-order valence-electron chi connectivity index (χ3n) is 2.83. The average Bonchev–Trinajstić information content (AvgIpc) is 2.38. The molecule has 0 aromatic heterocycles. The van der Waals surface area contributed by atoms with E-state index in [-0.39, 0.29) is 17.2 Å². The summed E-state index contributed by atoms with van der Waals surface area (Å²) in [6, 6.07) is 3.42. The van der Waals surface area contributed by atoms with Crippen molar-refractivity contribution < 1.29 is 19.5 Å². The largest absolute Gasteiger partial charge is 0.478 e. The van der Waals surface area contributed by atoms with E-state index in [0.717, 1.165) is 0 Å². The number of aromatic carboxylic acids is 1. The summed E-state index contributed by atoms with van der Waals surface area (Å²) in [5.74, 6) is -1.43. The highest BCUT2D eigenvalue weighted by Crippen LogP contribution is 2.19. The van der Waals surface area contributed by atoms with E-state index in [1.54, 1.807) is 32.9 Å². The van der Waals surface area contributed by atoms with Crippen LogP contribution in [0, 0.1) is 6.92 Å².